The summed E-state index contributed by atoms with van der Waals surface area (Å²) < 4.78 is 1.89. The summed E-state index contributed by atoms with van der Waals surface area (Å²) in [6.45, 7) is 10.4. The predicted molar refractivity (Wildman–Crippen MR) is 115 cm³/mol. The number of likely N-dealkylation sites (tertiary alicyclic amines) is 1. The first-order valence-electron chi connectivity index (χ1n) is 10.4. The van der Waals surface area contributed by atoms with Gasteiger partial charge in [-0.05, 0) is 36.2 Å². The van der Waals surface area contributed by atoms with Gasteiger partial charge in [-0.1, -0.05) is 38.1 Å². The summed E-state index contributed by atoms with van der Waals surface area (Å²) in [4.78, 5) is 9.32. The normalized spacial score (nSPS) is 17.5. The van der Waals surface area contributed by atoms with Crippen LogP contribution in [0.2, 0.25) is 0 Å². The average molecular weight is 383 g/mol. The van der Waals surface area contributed by atoms with Crippen LogP contribution in [0.4, 0.5) is 0 Å². The van der Waals surface area contributed by atoms with E-state index in [0.717, 1.165) is 51.6 Å². The Morgan fingerprint density at radius 1 is 1.29 bits per heavy atom. The summed E-state index contributed by atoms with van der Waals surface area (Å²) in [5.41, 5.74) is 3.99. The van der Waals surface area contributed by atoms with Gasteiger partial charge in [-0.2, -0.15) is 5.10 Å². The average Bonchev–Trinajstić information content (AvgIpc) is 3.36. The summed E-state index contributed by atoms with van der Waals surface area (Å²) >= 11 is 0. The van der Waals surface area contributed by atoms with Crippen molar-refractivity contribution in [2.75, 3.05) is 33.2 Å². The Kier molecular flexibility index (Phi) is 7.09. The molecule has 3 rings (SSSR count). The minimum absolute atomic E-state index is 0.532. The fraction of sp³-hybridized carbons (Fsp3) is 0.545. The Hall–Kier alpha value is -2.34. The zero-order valence-corrected chi connectivity index (χ0v) is 17.7. The third kappa shape index (κ3) is 5.13. The highest BCUT2D eigenvalue weighted by atomic mass is 15.3. The lowest BCUT2D eigenvalue weighted by Crippen LogP contribution is -2.39. The highest BCUT2D eigenvalue weighted by Gasteiger charge is 2.26. The first kappa shape index (κ1) is 20.4. The molecule has 1 atom stereocenters. The van der Waals surface area contributed by atoms with Crippen molar-refractivity contribution in [3.8, 4) is 0 Å². The number of benzene rings is 1. The van der Waals surface area contributed by atoms with Crippen LogP contribution in [0.15, 0.2) is 41.7 Å². The van der Waals surface area contributed by atoms with E-state index < -0.39 is 0 Å². The topological polar surface area (TPSA) is 48.7 Å². The SMILES string of the molecule is CCN(CC)Cc1cccc(CNC(=NC)N2CCC(c3cnn(C)c3)C2)c1. The van der Waals surface area contributed by atoms with Gasteiger partial charge < -0.3 is 10.2 Å². The van der Waals surface area contributed by atoms with Crippen LogP contribution in [0, 0.1) is 0 Å². The lowest BCUT2D eigenvalue weighted by molar-refractivity contribution is 0.296. The van der Waals surface area contributed by atoms with Crippen molar-refractivity contribution in [3.05, 3.63) is 53.3 Å². The Morgan fingerprint density at radius 3 is 2.75 bits per heavy atom. The van der Waals surface area contributed by atoms with Crippen LogP contribution in [-0.2, 0) is 20.1 Å². The second-order valence-corrected chi connectivity index (χ2v) is 7.56. The number of rotatable bonds is 7. The third-order valence-corrected chi connectivity index (χ3v) is 5.64. The van der Waals surface area contributed by atoms with E-state index in [0.29, 0.717) is 5.92 Å². The smallest absolute Gasteiger partial charge is 0.193 e. The molecular formula is C22H34N6. The van der Waals surface area contributed by atoms with Crippen molar-refractivity contribution in [3.63, 3.8) is 0 Å². The highest BCUT2D eigenvalue weighted by Crippen LogP contribution is 2.26. The van der Waals surface area contributed by atoms with Gasteiger partial charge in [0, 0.05) is 52.4 Å². The molecule has 28 heavy (non-hydrogen) atoms. The van der Waals surface area contributed by atoms with Crippen molar-refractivity contribution >= 4 is 5.96 Å². The molecule has 1 aliphatic rings. The van der Waals surface area contributed by atoms with Crippen LogP contribution in [-0.4, -0.2) is 58.8 Å². The molecule has 0 radical (unpaired) electrons. The van der Waals surface area contributed by atoms with Gasteiger partial charge in [-0.15, -0.1) is 0 Å². The molecular weight excluding hydrogens is 348 g/mol. The number of nitrogens with zero attached hydrogens (tertiary/aromatic N) is 5. The van der Waals surface area contributed by atoms with Gasteiger partial charge in [-0.25, -0.2) is 0 Å². The van der Waals surface area contributed by atoms with Crippen molar-refractivity contribution in [1.82, 2.24) is 24.9 Å². The zero-order valence-electron chi connectivity index (χ0n) is 17.7. The van der Waals surface area contributed by atoms with Gasteiger partial charge in [0.25, 0.3) is 0 Å². The quantitative estimate of drug-likeness (QED) is 0.591. The molecule has 1 aliphatic heterocycles. The second kappa shape index (κ2) is 9.73. The summed E-state index contributed by atoms with van der Waals surface area (Å²) in [5, 5.41) is 7.87. The van der Waals surface area contributed by atoms with E-state index in [1.165, 1.54) is 16.7 Å². The Bertz CT molecular complexity index is 777. The summed E-state index contributed by atoms with van der Waals surface area (Å²) in [7, 11) is 3.85. The molecule has 2 heterocycles. The fourth-order valence-electron chi connectivity index (χ4n) is 3.93. The van der Waals surface area contributed by atoms with Gasteiger partial charge in [0.15, 0.2) is 5.96 Å². The molecule has 2 aromatic rings. The van der Waals surface area contributed by atoms with Crippen LogP contribution in [0.25, 0.3) is 0 Å². The van der Waals surface area contributed by atoms with Crippen molar-refractivity contribution in [2.24, 2.45) is 12.0 Å². The van der Waals surface area contributed by atoms with E-state index in [4.69, 9.17) is 0 Å². The number of hydrogen-bond donors (Lipinski definition) is 1. The number of aryl methyl sites for hydroxylation is 1. The molecule has 1 N–H and O–H groups in total. The molecule has 6 heteroatoms. The van der Waals surface area contributed by atoms with E-state index in [1.807, 2.05) is 25.0 Å². The van der Waals surface area contributed by atoms with E-state index in [2.05, 4.69) is 69.5 Å². The van der Waals surface area contributed by atoms with E-state index in [9.17, 15) is 0 Å². The van der Waals surface area contributed by atoms with Gasteiger partial charge in [0.05, 0.1) is 6.20 Å². The zero-order chi connectivity index (χ0) is 19.9. The maximum absolute atomic E-state index is 4.52. The molecule has 0 amide bonds. The van der Waals surface area contributed by atoms with Crippen LogP contribution in [0.1, 0.15) is 42.9 Å². The Morgan fingerprint density at radius 2 is 2.07 bits per heavy atom. The molecule has 0 spiro atoms. The largest absolute Gasteiger partial charge is 0.352 e. The number of aromatic nitrogens is 2. The maximum Gasteiger partial charge on any atom is 0.193 e. The van der Waals surface area contributed by atoms with Crippen molar-refractivity contribution in [1.29, 1.82) is 0 Å². The molecule has 0 bridgehead atoms. The summed E-state index contributed by atoms with van der Waals surface area (Å²) in [6, 6.07) is 8.87. The number of aliphatic imine (C=N–C) groups is 1. The molecule has 0 aliphatic carbocycles. The molecule has 1 fully saturated rings. The third-order valence-electron chi connectivity index (χ3n) is 5.64. The van der Waals surface area contributed by atoms with Crippen LogP contribution in [0.5, 0.6) is 0 Å². The highest BCUT2D eigenvalue weighted by molar-refractivity contribution is 5.80. The molecule has 1 aromatic heterocycles. The molecule has 1 unspecified atom stereocenters. The molecule has 6 nitrogen and oxygen atoms in total. The van der Waals surface area contributed by atoms with Crippen LogP contribution < -0.4 is 5.32 Å². The van der Waals surface area contributed by atoms with Gasteiger partial charge in [-0.3, -0.25) is 14.6 Å². The fourth-order valence-corrected chi connectivity index (χ4v) is 3.93. The Balaban J connectivity index is 1.56. The van der Waals surface area contributed by atoms with Gasteiger partial charge >= 0.3 is 0 Å². The van der Waals surface area contributed by atoms with Crippen LogP contribution in [0.3, 0.4) is 0 Å². The van der Waals surface area contributed by atoms with Gasteiger partial charge in [0.2, 0.25) is 0 Å². The molecule has 0 saturated carbocycles. The molecule has 152 valence electrons. The van der Waals surface area contributed by atoms with E-state index in [1.54, 1.807) is 0 Å². The lowest BCUT2D eigenvalue weighted by Gasteiger charge is -2.22. The van der Waals surface area contributed by atoms with Crippen molar-refractivity contribution < 1.29 is 0 Å². The number of nitrogens with one attached hydrogen (secondary N) is 1. The first-order chi connectivity index (χ1) is 13.6. The Labute approximate surface area is 169 Å². The summed E-state index contributed by atoms with van der Waals surface area (Å²) in [5.74, 6) is 1.52. The minimum Gasteiger partial charge on any atom is -0.352 e. The van der Waals surface area contributed by atoms with Crippen LogP contribution >= 0.6 is 0 Å². The standard InChI is InChI=1S/C22H34N6/c1-5-27(6-2)15-19-9-7-8-18(12-19)13-24-22(23-3)28-11-10-20(17-28)21-14-25-26(4)16-21/h7-9,12,14,16,20H,5-6,10-11,13,15,17H2,1-4H3,(H,23,24). The number of hydrogen-bond acceptors (Lipinski definition) is 3. The minimum atomic E-state index is 0.532. The first-order valence-corrected chi connectivity index (χ1v) is 10.4. The molecule has 1 saturated heterocycles. The van der Waals surface area contributed by atoms with E-state index in [-0.39, 0.29) is 0 Å². The predicted octanol–water partition coefficient (Wildman–Crippen LogP) is 2.83. The monoisotopic (exact) mass is 382 g/mol. The summed E-state index contributed by atoms with van der Waals surface area (Å²) in [6.07, 6.45) is 5.27. The van der Waals surface area contributed by atoms with E-state index >= 15 is 0 Å². The van der Waals surface area contributed by atoms with Gasteiger partial charge in [0.1, 0.15) is 0 Å². The maximum atomic E-state index is 4.52. The second-order valence-electron chi connectivity index (χ2n) is 7.56. The lowest BCUT2D eigenvalue weighted by atomic mass is 10.0. The number of guanidine groups is 1. The van der Waals surface area contributed by atoms with Crippen molar-refractivity contribution in [2.45, 2.75) is 39.3 Å². The molecule has 1 aromatic carbocycles.